The van der Waals surface area contributed by atoms with Gasteiger partial charge in [0.05, 0.1) is 28.0 Å². The number of carbonyl (C=O) groups excluding carboxylic acids is 1. The molecule has 6 heteroatoms. The average molecular weight is 515 g/mol. The summed E-state index contributed by atoms with van der Waals surface area (Å²) in [5, 5.41) is 9.92. The number of hydrogen-bond donors (Lipinski definition) is 1. The molecule has 1 amide bonds. The van der Waals surface area contributed by atoms with Crippen LogP contribution in [-0.2, 0) is 0 Å². The van der Waals surface area contributed by atoms with E-state index in [1.165, 1.54) is 11.1 Å². The van der Waals surface area contributed by atoms with Crippen molar-refractivity contribution in [2.75, 3.05) is 5.01 Å². The number of amidine groups is 1. The zero-order valence-electron chi connectivity index (χ0n) is 20.9. The third kappa shape index (κ3) is 5.17. The topological polar surface area (TPSA) is 57.1 Å². The number of hydrazone groups is 1. The molecule has 0 spiro atoms. The van der Waals surface area contributed by atoms with Gasteiger partial charge in [-0.05, 0) is 65.7 Å². The van der Waals surface area contributed by atoms with E-state index in [0.29, 0.717) is 5.84 Å². The van der Waals surface area contributed by atoms with Crippen LogP contribution >= 0.6 is 11.8 Å². The van der Waals surface area contributed by atoms with Crippen molar-refractivity contribution in [1.29, 1.82) is 0 Å². The molecule has 1 N–H and O–H groups in total. The quantitative estimate of drug-likeness (QED) is 0.295. The van der Waals surface area contributed by atoms with Crippen molar-refractivity contribution in [2.24, 2.45) is 10.1 Å². The monoisotopic (exact) mass is 514 g/mol. The molecular weight excluding hydrogens is 488 g/mol. The highest BCUT2D eigenvalue weighted by Gasteiger charge is 2.30. The van der Waals surface area contributed by atoms with E-state index < -0.39 is 0 Å². The molecule has 0 bridgehead atoms. The summed E-state index contributed by atoms with van der Waals surface area (Å²) < 4.78 is 0. The van der Waals surface area contributed by atoms with Gasteiger partial charge in [0.2, 0.25) is 0 Å². The standard InChI is InChI=1S/C32H26N4OS/c1-22-12-16-26(17-13-22)33-31-30(38-32(37)34-31)20-23-14-18-27(19-15-23)36-29(25-10-6-3-7-11-25)21-28(35-36)24-8-4-2-5-9-24/h2-20,29H,21H2,1H3,(H,33,34,37)/b30-20-. The number of amides is 1. The summed E-state index contributed by atoms with van der Waals surface area (Å²) in [6.45, 7) is 2.04. The van der Waals surface area contributed by atoms with Crippen molar-refractivity contribution < 1.29 is 4.79 Å². The second-order valence-electron chi connectivity index (χ2n) is 9.30. The van der Waals surface area contributed by atoms with E-state index in [1.54, 1.807) is 0 Å². The first kappa shape index (κ1) is 23.9. The van der Waals surface area contributed by atoms with Gasteiger partial charge >= 0.3 is 0 Å². The lowest BCUT2D eigenvalue weighted by molar-refractivity contribution is 0.265. The molecule has 2 aliphatic rings. The smallest absolute Gasteiger partial charge is 0.289 e. The van der Waals surface area contributed by atoms with Crippen LogP contribution in [-0.4, -0.2) is 16.8 Å². The first-order valence-electron chi connectivity index (χ1n) is 12.6. The van der Waals surface area contributed by atoms with Gasteiger partial charge in [-0.3, -0.25) is 9.80 Å². The van der Waals surface area contributed by atoms with E-state index in [2.05, 4.69) is 88.1 Å². The maximum atomic E-state index is 12.2. The molecule has 0 aromatic heterocycles. The van der Waals surface area contributed by atoms with E-state index in [-0.39, 0.29) is 11.3 Å². The van der Waals surface area contributed by atoms with Crippen molar-refractivity contribution in [3.05, 3.63) is 136 Å². The molecule has 1 unspecified atom stereocenters. The van der Waals surface area contributed by atoms with Gasteiger partial charge in [0.25, 0.3) is 5.24 Å². The highest BCUT2D eigenvalue weighted by Crippen LogP contribution is 2.37. The van der Waals surface area contributed by atoms with Crippen LogP contribution in [0.2, 0.25) is 0 Å². The molecule has 0 aliphatic carbocycles. The third-order valence-corrected chi connectivity index (χ3v) is 7.41. The van der Waals surface area contributed by atoms with Gasteiger partial charge in [0.15, 0.2) is 0 Å². The number of thioether (sulfide) groups is 1. The molecule has 38 heavy (non-hydrogen) atoms. The molecule has 1 saturated heterocycles. The van der Waals surface area contributed by atoms with Crippen LogP contribution in [0, 0.1) is 6.92 Å². The van der Waals surface area contributed by atoms with Crippen LogP contribution in [0.4, 0.5) is 16.2 Å². The van der Waals surface area contributed by atoms with E-state index in [0.717, 1.165) is 51.3 Å². The summed E-state index contributed by atoms with van der Waals surface area (Å²) >= 11 is 1.16. The van der Waals surface area contributed by atoms with Crippen molar-refractivity contribution in [2.45, 2.75) is 19.4 Å². The fraction of sp³-hybridized carbons (Fsp3) is 0.0938. The minimum atomic E-state index is -0.121. The highest BCUT2D eigenvalue weighted by atomic mass is 32.2. The molecule has 4 aromatic rings. The first-order chi connectivity index (χ1) is 18.6. The van der Waals surface area contributed by atoms with Crippen molar-refractivity contribution >= 4 is 46.0 Å². The number of aryl methyl sites for hydroxylation is 1. The van der Waals surface area contributed by atoms with Gasteiger partial charge < -0.3 is 5.32 Å². The lowest BCUT2D eigenvalue weighted by atomic mass is 9.98. The van der Waals surface area contributed by atoms with Crippen molar-refractivity contribution in [1.82, 2.24) is 5.32 Å². The summed E-state index contributed by atoms with van der Waals surface area (Å²) in [5.41, 5.74) is 7.45. The van der Waals surface area contributed by atoms with Crippen LogP contribution in [0.15, 0.2) is 124 Å². The molecule has 5 nitrogen and oxygen atoms in total. The maximum Gasteiger partial charge on any atom is 0.289 e. The summed E-state index contributed by atoms with van der Waals surface area (Å²) in [5.74, 6) is 0.578. The van der Waals surface area contributed by atoms with Crippen molar-refractivity contribution in [3.63, 3.8) is 0 Å². The fourth-order valence-corrected chi connectivity index (χ4v) is 5.36. The Labute approximate surface area is 226 Å². The molecule has 6 rings (SSSR count). The SMILES string of the molecule is Cc1ccc(N=C2NC(=O)S/C2=C\c2ccc(N3N=C(c4ccccc4)CC3c3ccccc3)cc2)cc1. The molecule has 0 radical (unpaired) electrons. The lowest BCUT2D eigenvalue weighted by Gasteiger charge is -2.24. The Bertz CT molecular complexity index is 1540. The predicted molar refractivity (Wildman–Crippen MR) is 158 cm³/mol. The largest absolute Gasteiger partial charge is 0.300 e. The minimum Gasteiger partial charge on any atom is -0.300 e. The second-order valence-corrected chi connectivity index (χ2v) is 10.3. The van der Waals surface area contributed by atoms with Crippen LogP contribution in [0.1, 0.15) is 34.7 Å². The fourth-order valence-electron chi connectivity index (χ4n) is 4.62. The molecule has 2 heterocycles. The number of benzene rings is 4. The average Bonchev–Trinajstić information content (AvgIpc) is 3.55. The van der Waals surface area contributed by atoms with Gasteiger partial charge in [0.1, 0.15) is 5.84 Å². The Morgan fingerprint density at radius 2 is 1.58 bits per heavy atom. The number of anilines is 1. The number of hydrogen-bond acceptors (Lipinski definition) is 5. The second kappa shape index (κ2) is 10.5. The molecule has 0 saturated carbocycles. The first-order valence-corrected chi connectivity index (χ1v) is 13.4. The van der Waals surface area contributed by atoms with Crippen LogP contribution in [0.3, 0.4) is 0 Å². The normalized spacial score (nSPS) is 19.2. The highest BCUT2D eigenvalue weighted by molar-refractivity contribution is 8.18. The molecule has 2 aliphatic heterocycles. The van der Waals surface area contributed by atoms with Gasteiger partial charge in [-0.25, -0.2) is 4.99 Å². The summed E-state index contributed by atoms with van der Waals surface area (Å²) in [4.78, 5) is 17.6. The summed E-state index contributed by atoms with van der Waals surface area (Å²) in [6.07, 6.45) is 2.83. The minimum absolute atomic E-state index is 0.121. The number of carbonyl (C=O) groups is 1. The lowest BCUT2D eigenvalue weighted by Crippen LogP contribution is -2.18. The zero-order chi connectivity index (χ0) is 25.9. The maximum absolute atomic E-state index is 12.2. The summed E-state index contributed by atoms with van der Waals surface area (Å²) in [6, 6.07) is 37.2. The van der Waals surface area contributed by atoms with Gasteiger partial charge in [-0.15, -0.1) is 0 Å². The molecule has 4 aromatic carbocycles. The van der Waals surface area contributed by atoms with Crippen molar-refractivity contribution in [3.8, 4) is 0 Å². The van der Waals surface area contributed by atoms with E-state index in [4.69, 9.17) is 5.10 Å². The third-order valence-electron chi connectivity index (χ3n) is 6.59. The van der Waals surface area contributed by atoms with Crippen LogP contribution < -0.4 is 10.3 Å². The molecular formula is C32H26N4OS. The Kier molecular flexibility index (Phi) is 6.63. The van der Waals surface area contributed by atoms with E-state index >= 15 is 0 Å². The van der Waals surface area contributed by atoms with Gasteiger partial charge in [-0.1, -0.05) is 90.5 Å². The molecule has 186 valence electrons. The Hall–Kier alpha value is -4.42. The number of nitrogens with zero attached hydrogens (tertiary/aromatic N) is 3. The molecule has 1 fully saturated rings. The van der Waals surface area contributed by atoms with Crippen LogP contribution in [0.5, 0.6) is 0 Å². The zero-order valence-corrected chi connectivity index (χ0v) is 21.7. The summed E-state index contributed by atoms with van der Waals surface area (Å²) in [7, 11) is 0. The van der Waals surface area contributed by atoms with Crippen LogP contribution in [0.25, 0.3) is 6.08 Å². The van der Waals surface area contributed by atoms with E-state index in [1.807, 2.05) is 49.4 Å². The van der Waals surface area contributed by atoms with Gasteiger partial charge in [-0.2, -0.15) is 5.10 Å². The Morgan fingerprint density at radius 1 is 0.895 bits per heavy atom. The Balaban J connectivity index is 1.29. The predicted octanol–water partition coefficient (Wildman–Crippen LogP) is 7.88. The van der Waals surface area contributed by atoms with E-state index in [9.17, 15) is 4.79 Å². The number of rotatable bonds is 5. The Morgan fingerprint density at radius 3 is 2.29 bits per heavy atom. The number of nitrogens with one attached hydrogen (secondary N) is 1. The van der Waals surface area contributed by atoms with Gasteiger partial charge in [0, 0.05) is 6.42 Å². The molecule has 1 atom stereocenters. The number of aliphatic imine (C=N–C) groups is 1.